The summed E-state index contributed by atoms with van der Waals surface area (Å²) in [4.78, 5) is 4.20. The van der Waals surface area contributed by atoms with Crippen molar-refractivity contribution in [3.8, 4) is 11.4 Å². The van der Waals surface area contributed by atoms with E-state index in [0.29, 0.717) is 11.7 Å². The summed E-state index contributed by atoms with van der Waals surface area (Å²) in [5.74, 6) is 0.999. The lowest BCUT2D eigenvalue weighted by Crippen LogP contribution is -1.95. The first-order chi connectivity index (χ1) is 8.28. The van der Waals surface area contributed by atoms with E-state index >= 15 is 0 Å². The molecule has 0 amide bonds. The molecule has 0 spiro atoms. The van der Waals surface area contributed by atoms with Crippen LogP contribution >= 0.6 is 11.6 Å². The zero-order valence-electron chi connectivity index (χ0n) is 9.24. The molecule has 0 saturated heterocycles. The van der Waals surface area contributed by atoms with E-state index in [4.69, 9.17) is 21.9 Å². The van der Waals surface area contributed by atoms with Crippen LogP contribution in [0.25, 0.3) is 11.4 Å². The number of nitrogens with zero attached hydrogens (tertiary/aromatic N) is 2. The van der Waals surface area contributed by atoms with Crippen LogP contribution in [0.5, 0.6) is 0 Å². The van der Waals surface area contributed by atoms with E-state index < -0.39 is 0 Å². The average molecular weight is 250 g/mol. The molecule has 1 aromatic carbocycles. The molecule has 0 unspecified atom stereocenters. The molecule has 1 heterocycles. The van der Waals surface area contributed by atoms with Crippen LogP contribution in [0.2, 0.25) is 5.02 Å². The fourth-order valence-electron chi connectivity index (χ4n) is 2.24. The molecule has 0 saturated carbocycles. The Bertz CT molecular complexity index is 565. The van der Waals surface area contributed by atoms with Crippen molar-refractivity contribution in [1.82, 2.24) is 10.1 Å². The molecule has 0 bridgehead atoms. The molecule has 2 N–H and O–H groups in total. The van der Waals surface area contributed by atoms with Crippen LogP contribution in [0.3, 0.4) is 0 Å². The minimum absolute atomic E-state index is 0.256. The maximum absolute atomic E-state index is 6.25. The molecule has 2 aromatic rings. The number of hydrogen-bond acceptors (Lipinski definition) is 4. The summed E-state index contributed by atoms with van der Waals surface area (Å²) in [6.45, 7) is 0.256. The first kappa shape index (κ1) is 10.7. The Balaban J connectivity index is 2.06. The monoisotopic (exact) mass is 249 g/mol. The lowest BCUT2D eigenvalue weighted by atomic mass is 10.1. The predicted octanol–water partition coefficient (Wildman–Crippen LogP) is 2.34. The number of halogens is 1. The van der Waals surface area contributed by atoms with Crippen LogP contribution in [0.4, 0.5) is 0 Å². The van der Waals surface area contributed by atoms with Gasteiger partial charge in [0.25, 0.3) is 0 Å². The second-order valence-electron chi connectivity index (χ2n) is 4.17. The van der Waals surface area contributed by atoms with Gasteiger partial charge in [-0.25, -0.2) is 0 Å². The van der Waals surface area contributed by atoms with Gasteiger partial charge >= 0.3 is 0 Å². The molecular formula is C12H12ClN3O. The summed E-state index contributed by atoms with van der Waals surface area (Å²) in [5.41, 5.74) is 8.90. The zero-order valence-corrected chi connectivity index (χ0v) is 10.00. The second-order valence-corrected chi connectivity index (χ2v) is 4.57. The van der Waals surface area contributed by atoms with Crippen LogP contribution in [0.15, 0.2) is 16.7 Å². The maximum atomic E-state index is 6.25. The quantitative estimate of drug-likeness (QED) is 0.887. The third-order valence-corrected chi connectivity index (χ3v) is 3.40. The van der Waals surface area contributed by atoms with Gasteiger partial charge in [-0.3, -0.25) is 0 Å². The third-order valence-electron chi connectivity index (χ3n) is 3.06. The molecular weight excluding hydrogens is 238 g/mol. The number of aryl methyl sites for hydroxylation is 1. The summed E-state index contributed by atoms with van der Waals surface area (Å²) in [5, 5.41) is 4.70. The van der Waals surface area contributed by atoms with Crippen LogP contribution in [-0.4, -0.2) is 10.1 Å². The molecule has 1 aliphatic carbocycles. The van der Waals surface area contributed by atoms with Gasteiger partial charge in [0.05, 0.1) is 6.54 Å². The van der Waals surface area contributed by atoms with Gasteiger partial charge in [-0.2, -0.15) is 4.98 Å². The number of benzene rings is 1. The van der Waals surface area contributed by atoms with Gasteiger partial charge in [-0.15, -0.1) is 0 Å². The largest absolute Gasteiger partial charge is 0.338 e. The average Bonchev–Trinajstić information content (AvgIpc) is 2.97. The number of nitrogens with two attached hydrogens (primary N) is 1. The lowest BCUT2D eigenvalue weighted by Gasteiger charge is -2.04. The number of hydrogen-bond donors (Lipinski definition) is 1. The van der Waals surface area contributed by atoms with E-state index in [2.05, 4.69) is 16.2 Å². The Kier molecular flexibility index (Phi) is 2.61. The summed E-state index contributed by atoms with van der Waals surface area (Å²) in [6.07, 6.45) is 3.30. The number of aromatic nitrogens is 2. The van der Waals surface area contributed by atoms with Gasteiger partial charge in [0.15, 0.2) is 0 Å². The molecule has 0 aliphatic heterocycles. The highest BCUT2D eigenvalue weighted by molar-refractivity contribution is 6.31. The Morgan fingerprint density at radius 2 is 2.24 bits per heavy atom. The van der Waals surface area contributed by atoms with Crippen molar-refractivity contribution in [3.63, 3.8) is 0 Å². The van der Waals surface area contributed by atoms with Gasteiger partial charge in [-0.05, 0) is 42.5 Å². The van der Waals surface area contributed by atoms with Crippen molar-refractivity contribution in [2.45, 2.75) is 25.8 Å². The van der Waals surface area contributed by atoms with Crippen molar-refractivity contribution >= 4 is 11.6 Å². The molecule has 5 heteroatoms. The Morgan fingerprint density at radius 1 is 1.35 bits per heavy atom. The fraction of sp³-hybridized carbons (Fsp3) is 0.333. The molecule has 0 fully saturated rings. The minimum atomic E-state index is 0.256. The highest BCUT2D eigenvalue weighted by Gasteiger charge is 2.17. The molecule has 1 aromatic heterocycles. The van der Waals surface area contributed by atoms with E-state index in [1.54, 1.807) is 0 Å². The van der Waals surface area contributed by atoms with Gasteiger partial charge in [0.2, 0.25) is 11.7 Å². The summed E-state index contributed by atoms with van der Waals surface area (Å²) < 4.78 is 5.00. The first-order valence-corrected chi connectivity index (χ1v) is 6.00. The molecule has 88 valence electrons. The van der Waals surface area contributed by atoms with Crippen molar-refractivity contribution in [2.24, 2.45) is 5.73 Å². The lowest BCUT2D eigenvalue weighted by molar-refractivity contribution is 0.380. The van der Waals surface area contributed by atoms with E-state index in [9.17, 15) is 0 Å². The molecule has 0 radical (unpaired) electrons. The second kappa shape index (κ2) is 4.13. The maximum Gasteiger partial charge on any atom is 0.240 e. The van der Waals surface area contributed by atoms with Gasteiger partial charge in [0, 0.05) is 10.6 Å². The molecule has 4 nitrogen and oxygen atoms in total. The molecule has 17 heavy (non-hydrogen) atoms. The minimum Gasteiger partial charge on any atom is -0.338 e. The van der Waals surface area contributed by atoms with E-state index in [-0.39, 0.29) is 6.54 Å². The molecule has 3 rings (SSSR count). The molecule has 1 aliphatic rings. The van der Waals surface area contributed by atoms with Crippen LogP contribution in [0, 0.1) is 0 Å². The van der Waals surface area contributed by atoms with Crippen molar-refractivity contribution in [3.05, 3.63) is 34.2 Å². The van der Waals surface area contributed by atoms with Gasteiger partial charge in [-0.1, -0.05) is 16.8 Å². The van der Waals surface area contributed by atoms with Crippen LogP contribution in [-0.2, 0) is 19.4 Å². The standard InChI is InChI=1S/C12H12ClN3O/c13-10-5-8(4-7-2-1-3-9(7)10)12-15-11(6-14)17-16-12/h4-5H,1-3,6,14H2. The highest BCUT2D eigenvalue weighted by Crippen LogP contribution is 2.33. The highest BCUT2D eigenvalue weighted by atomic mass is 35.5. The first-order valence-electron chi connectivity index (χ1n) is 5.62. The van der Waals surface area contributed by atoms with Crippen LogP contribution < -0.4 is 5.73 Å². The third kappa shape index (κ3) is 1.83. The van der Waals surface area contributed by atoms with E-state index in [1.807, 2.05) is 6.07 Å². The topological polar surface area (TPSA) is 64.9 Å². The van der Waals surface area contributed by atoms with Crippen molar-refractivity contribution in [1.29, 1.82) is 0 Å². The summed E-state index contributed by atoms with van der Waals surface area (Å²) >= 11 is 6.25. The van der Waals surface area contributed by atoms with Crippen molar-refractivity contribution < 1.29 is 4.52 Å². The van der Waals surface area contributed by atoms with Crippen molar-refractivity contribution in [2.75, 3.05) is 0 Å². The zero-order chi connectivity index (χ0) is 11.8. The van der Waals surface area contributed by atoms with E-state index in [1.165, 1.54) is 17.5 Å². The Morgan fingerprint density at radius 3 is 3.00 bits per heavy atom. The smallest absolute Gasteiger partial charge is 0.240 e. The Labute approximate surface area is 104 Å². The number of rotatable bonds is 2. The predicted molar refractivity (Wildman–Crippen MR) is 64.7 cm³/mol. The number of fused-ring (bicyclic) bond motifs is 1. The summed E-state index contributed by atoms with van der Waals surface area (Å²) in [7, 11) is 0. The normalized spacial score (nSPS) is 14.0. The van der Waals surface area contributed by atoms with Gasteiger partial charge < -0.3 is 10.3 Å². The summed E-state index contributed by atoms with van der Waals surface area (Å²) in [6, 6.07) is 4.00. The molecule has 0 atom stereocenters. The Hall–Kier alpha value is -1.39. The van der Waals surface area contributed by atoms with E-state index in [0.717, 1.165) is 23.4 Å². The van der Waals surface area contributed by atoms with Gasteiger partial charge in [0.1, 0.15) is 0 Å². The fourth-order valence-corrected chi connectivity index (χ4v) is 2.57. The van der Waals surface area contributed by atoms with Crippen LogP contribution in [0.1, 0.15) is 23.4 Å². The SMILES string of the molecule is NCc1nc(-c2cc(Cl)c3c(c2)CCC3)no1.